The second-order valence-corrected chi connectivity index (χ2v) is 3.63. The minimum atomic E-state index is -1.21. The van der Waals surface area contributed by atoms with Crippen LogP contribution in [0, 0.1) is 5.82 Å². The molecule has 5 heteroatoms. The van der Waals surface area contributed by atoms with Crippen molar-refractivity contribution in [2.45, 2.75) is 19.4 Å². The van der Waals surface area contributed by atoms with E-state index in [2.05, 4.69) is 4.74 Å². The summed E-state index contributed by atoms with van der Waals surface area (Å²) in [4.78, 5) is 11.1. The van der Waals surface area contributed by atoms with Crippen LogP contribution in [0.5, 0.6) is 0 Å². The summed E-state index contributed by atoms with van der Waals surface area (Å²) in [6.45, 7) is 1.89. The fraction of sp³-hybridized carbons (Fsp3) is 0.364. The summed E-state index contributed by atoms with van der Waals surface area (Å²) in [6.07, 6.45) is -1.48. The average Bonchev–Trinajstić information content (AvgIpc) is 2.17. The Balaban J connectivity index is 2.72. The average molecular weight is 247 g/mol. The van der Waals surface area contributed by atoms with Crippen molar-refractivity contribution in [2.75, 3.05) is 6.61 Å². The Kier molecular flexibility index (Phi) is 4.71. The van der Waals surface area contributed by atoms with Gasteiger partial charge in [-0.25, -0.2) is 4.39 Å². The Morgan fingerprint density at radius 2 is 2.31 bits per heavy atom. The van der Waals surface area contributed by atoms with E-state index < -0.39 is 17.9 Å². The van der Waals surface area contributed by atoms with Gasteiger partial charge in [0.2, 0.25) is 0 Å². The molecule has 0 bridgehead atoms. The van der Waals surface area contributed by atoms with Gasteiger partial charge >= 0.3 is 5.97 Å². The Hall–Kier alpha value is -1.13. The van der Waals surface area contributed by atoms with Crippen LogP contribution in [-0.2, 0) is 9.53 Å². The summed E-state index contributed by atoms with van der Waals surface area (Å²) in [6, 6.07) is 3.89. The first kappa shape index (κ1) is 12.9. The third kappa shape index (κ3) is 3.47. The zero-order chi connectivity index (χ0) is 12.1. The lowest BCUT2D eigenvalue weighted by Gasteiger charge is -2.11. The van der Waals surface area contributed by atoms with Crippen LogP contribution < -0.4 is 0 Å². The molecule has 16 heavy (non-hydrogen) atoms. The molecule has 0 spiro atoms. The molecule has 0 amide bonds. The first-order valence-corrected chi connectivity index (χ1v) is 5.21. The van der Waals surface area contributed by atoms with Crippen molar-refractivity contribution in [3.05, 3.63) is 34.6 Å². The predicted octanol–water partition coefficient (Wildman–Crippen LogP) is 2.47. The SMILES string of the molecule is CCOC(=O)CC(O)c1ccc(Cl)cc1F. The van der Waals surface area contributed by atoms with Gasteiger partial charge in [0.05, 0.1) is 19.1 Å². The molecule has 1 rings (SSSR count). The van der Waals surface area contributed by atoms with Crippen LogP contribution in [0.4, 0.5) is 4.39 Å². The van der Waals surface area contributed by atoms with E-state index in [1.165, 1.54) is 12.1 Å². The van der Waals surface area contributed by atoms with E-state index in [1.807, 2.05) is 0 Å². The van der Waals surface area contributed by atoms with E-state index in [0.717, 1.165) is 6.07 Å². The molecule has 0 aliphatic heterocycles. The summed E-state index contributed by atoms with van der Waals surface area (Å²) in [5, 5.41) is 9.85. The maximum Gasteiger partial charge on any atom is 0.308 e. The highest BCUT2D eigenvalue weighted by Gasteiger charge is 2.17. The summed E-state index contributed by atoms with van der Waals surface area (Å²) in [5.74, 6) is -1.20. The van der Waals surface area contributed by atoms with Crippen molar-refractivity contribution < 1.29 is 19.0 Å². The van der Waals surface area contributed by atoms with Gasteiger partial charge < -0.3 is 9.84 Å². The molecule has 0 aromatic heterocycles. The molecule has 1 aromatic rings. The summed E-state index contributed by atoms with van der Waals surface area (Å²) < 4.78 is 18.0. The zero-order valence-electron chi connectivity index (χ0n) is 8.74. The van der Waals surface area contributed by atoms with E-state index in [4.69, 9.17) is 11.6 Å². The number of hydrogen-bond acceptors (Lipinski definition) is 3. The third-order valence-corrected chi connectivity index (χ3v) is 2.22. The van der Waals surface area contributed by atoms with Crippen LogP contribution in [0.1, 0.15) is 25.0 Å². The van der Waals surface area contributed by atoms with Crippen LogP contribution in [0.3, 0.4) is 0 Å². The topological polar surface area (TPSA) is 46.5 Å². The number of esters is 1. The summed E-state index contributed by atoms with van der Waals surface area (Å²) in [5.41, 5.74) is 0.0393. The second-order valence-electron chi connectivity index (χ2n) is 3.19. The summed E-state index contributed by atoms with van der Waals surface area (Å²) >= 11 is 5.56. The lowest BCUT2D eigenvalue weighted by Crippen LogP contribution is -2.11. The predicted molar refractivity (Wildman–Crippen MR) is 57.6 cm³/mol. The highest BCUT2D eigenvalue weighted by atomic mass is 35.5. The van der Waals surface area contributed by atoms with Gasteiger partial charge in [0, 0.05) is 10.6 Å². The number of hydrogen-bond donors (Lipinski definition) is 1. The van der Waals surface area contributed by atoms with E-state index in [-0.39, 0.29) is 23.6 Å². The van der Waals surface area contributed by atoms with E-state index in [1.54, 1.807) is 6.92 Å². The molecule has 0 radical (unpaired) electrons. The molecule has 1 N–H and O–H groups in total. The highest BCUT2D eigenvalue weighted by Crippen LogP contribution is 2.23. The van der Waals surface area contributed by atoms with Gasteiger partial charge in [0.15, 0.2) is 0 Å². The number of halogens is 2. The Morgan fingerprint density at radius 1 is 1.62 bits per heavy atom. The van der Waals surface area contributed by atoms with E-state index >= 15 is 0 Å². The molecule has 3 nitrogen and oxygen atoms in total. The van der Waals surface area contributed by atoms with Gasteiger partial charge in [-0.1, -0.05) is 17.7 Å². The fourth-order valence-corrected chi connectivity index (χ4v) is 1.42. The highest BCUT2D eigenvalue weighted by molar-refractivity contribution is 6.30. The van der Waals surface area contributed by atoms with Gasteiger partial charge in [-0.2, -0.15) is 0 Å². The van der Waals surface area contributed by atoms with Crippen LogP contribution in [-0.4, -0.2) is 17.7 Å². The summed E-state index contributed by atoms with van der Waals surface area (Å²) in [7, 11) is 0. The molecular formula is C11H12ClFO3. The lowest BCUT2D eigenvalue weighted by molar-refractivity contribution is -0.145. The standard InChI is InChI=1S/C11H12ClFO3/c1-2-16-11(15)6-10(14)8-4-3-7(12)5-9(8)13/h3-5,10,14H,2,6H2,1H3. The van der Waals surface area contributed by atoms with Crippen LogP contribution in [0.2, 0.25) is 5.02 Å². The molecule has 0 fully saturated rings. The largest absolute Gasteiger partial charge is 0.466 e. The molecule has 1 atom stereocenters. The third-order valence-electron chi connectivity index (χ3n) is 1.99. The number of aliphatic hydroxyl groups excluding tert-OH is 1. The van der Waals surface area contributed by atoms with Crippen LogP contribution in [0.25, 0.3) is 0 Å². The Labute approximate surface area is 97.8 Å². The number of carbonyl (C=O) groups excluding carboxylic acids is 1. The van der Waals surface area contributed by atoms with Crippen LogP contribution in [0.15, 0.2) is 18.2 Å². The Morgan fingerprint density at radius 3 is 2.88 bits per heavy atom. The minimum Gasteiger partial charge on any atom is -0.466 e. The number of benzene rings is 1. The van der Waals surface area contributed by atoms with Gasteiger partial charge in [-0.3, -0.25) is 4.79 Å². The maximum atomic E-state index is 13.3. The number of rotatable bonds is 4. The number of ether oxygens (including phenoxy) is 1. The first-order valence-electron chi connectivity index (χ1n) is 4.83. The zero-order valence-corrected chi connectivity index (χ0v) is 9.50. The molecule has 0 heterocycles. The smallest absolute Gasteiger partial charge is 0.308 e. The number of aliphatic hydroxyl groups is 1. The maximum absolute atomic E-state index is 13.3. The van der Waals surface area contributed by atoms with Crippen molar-refractivity contribution in [1.82, 2.24) is 0 Å². The van der Waals surface area contributed by atoms with Crippen LogP contribution >= 0.6 is 11.6 Å². The monoisotopic (exact) mass is 246 g/mol. The van der Waals surface area contributed by atoms with Crippen molar-refractivity contribution in [2.24, 2.45) is 0 Å². The molecule has 88 valence electrons. The second kappa shape index (κ2) is 5.82. The molecule has 0 aliphatic rings. The fourth-order valence-electron chi connectivity index (χ4n) is 1.26. The van der Waals surface area contributed by atoms with Crippen molar-refractivity contribution in [1.29, 1.82) is 0 Å². The van der Waals surface area contributed by atoms with Gasteiger partial charge in [-0.05, 0) is 19.1 Å². The van der Waals surface area contributed by atoms with Crippen molar-refractivity contribution in [3.63, 3.8) is 0 Å². The molecule has 0 saturated carbocycles. The van der Waals surface area contributed by atoms with Crippen molar-refractivity contribution >= 4 is 17.6 Å². The molecule has 0 saturated heterocycles. The van der Waals surface area contributed by atoms with Gasteiger partial charge in [0.1, 0.15) is 5.82 Å². The van der Waals surface area contributed by atoms with Gasteiger partial charge in [-0.15, -0.1) is 0 Å². The molecule has 1 aromatic carbocycles. The van der Waals surface area contributed by atoms with Crippen molar-refractivity contribution in [3.8, 4) is 0 Å². The quantitative estimate of drug-likeness (QED) is 0.831. The normalized spacial score (nSPS) is 12.2. The minimum absolute atomic E-state index is 0.0393. The lowest BCUT2D eigenvalue weighted by atomic mass is 10.1. The van der Waals surface area contributed by atoms with E-state index in [9.17, 15) is 14.3 Å². The molecule has 0 aliphatic carbocycles. The first-order chi connectivity index (χ1) is 7.54. The van der Waals surface area contributed by atoms with Gasteiger partial charge in [0.25, 0.3) is 0 Å². The van der Waals surface area contributed by atoms with E-state index in [0.29, 0.717) is 0 Å². The Bertz CT molecular complexity index is 381. The molecule has 1 unspecified atom stereocenters. The number of carbonyl (C=O) groups is 1. The molecular weight excluding hydrogens is 235 g/mol.